The van der Waals surface area contributed by atoms with E-state index in [9.17, 15) is 34.0 Å². The molecule has 46 heavy (non-hydrogen) atoms. The molecule has 0 unspecified atom stereocenters. The Morgan fingerprint density at radius 1 is 0.674 bits per heavy atom. The van der Waals surface area contributed by atoms with Gasteiger partial charge in [0.2, 0.25) is 23.6 Å². The molecule has 2 aromatic rings. The summed E-state index contributed by atoms with van der Waals surface area (Å²) in [7, 11) is -1.79. The van der Waals surface area contributed by atoms with Crippen LogP contribution in [0.3, 0.4) is 0 Å². The van der Waals surface area contributed by atoms with E-state index in [0.29, 0.717) is 5.02 Å². The fourth-order valence-electron chi connectivity index (χ4n) is 4.21. The van der Waals surface area contributed by atoms with Crippen LogP contribution < -0.4 is 38.1 Å². The highest BCUT2D eigenvalue weighted by molar-refractivity contribution is 6.43. The zero-order chi connectivity index (χ0) is 34.6. The summed E-state index contributed by atoms with van der Waals surface area (Å²) >= 11 is 5.94. The molecule has 0 aliphatic rings. The minimum Gasteiger partial charge on any atom is -0.426 e. The zero-order valence-corrected chi connectivity index (χ0v) is 27.0. The van der Waals surface area contributed by atoms with Crippen molar-refractivity contribution in [2.24, 2.45) is 17.4 Å². The van der Waals surface area contributed by atoms with E-state index in [1.54, 1.807) is 36.4 Å². The maximum atomic E-state index is 12.9. The predicted molar refractivity (Wildman–Crippen MR) is 175 cm³/mol. The summed E-state index contributed by atoms with van der Waals surface area (Å²) in [5.74, 6) is -4.39. The van der Waals surface area contributed by atoms with Gasteiger partial charge >= 0.3 is 7.12 Å². The molecular weight excluding hydrogens is 617 g/mol. The van der Waals surface area contributed by atoms with Gasteiger partial charge in [0, 0.05) is 23.7 Å². The van der Waals surface area contributed by atoms with E-state index < -0.39 is 66.8 Å². The number of carbonyl (C=O) groups excluding carboxylic acids is 5. The van der Waals surface area contributed by atoms with Crippen molar-refractivity contribution in [3.05, 3.63) is 59.1 Å². The Labute approximate surface area is 273 Å². The molecule has 0 bridgehead atoms. The molecule has 0 aromatic heterocycles. The van der Waals surface area contributed by atoms with Crippen molar-refractivity contribution in [3.63, 3.8) is 0 Å². The van der Waals surface area contributed by atoms with Crippen molar-refractivity contribution in [2.45, 2.75) is 64.2 Å². The molecule has 5 amide bonds. The molecule has 0 aliphatic carbocycles. The molecular formula is C30H43BClN7O7. The van der Waals surface area contributed by atoms with Gasteiger partial charge in [-0.15, -0.1) is 0 Å². The van der Waals surface area contributed by atoms with Crippen LogP contribution >= 0.6 is 11.6 Å². The predicted octanol–water partition coefficient (Wildman–Crippen LogP) is -0.940. The normalized spacial score (nSPS) is 14.2. The Hall–Kier alpha value is -4.02. The first kappa shape index (κ1) is 38.2. The molecule has 11 N–H and O–H groups in total. The number of rotatable bonds is 16. The Bertz CT molecular complexity index is 1350. The first-order valence-electron chi connectivity index (χ1n) is 14.8. The number of hydrogen-bond donors (Lipinski definition) is 9. The van der Waals surface area contributed by atoms with Crippen LogP contribution in [0.25, 0.3) is 11.1 Å². The Kier molecular flexibility index (Phi) is 15.1. The maximum absolute atomic E-state index is 12.9. The van der Waals surface area contributed by atoms with E-state index in [-0.39, 0.29) is 31.0 Å². The van der Waals surface area contributed by atoms with Crippen LogP contribution in [0, 0.1) is 5.92 Å². The van der Waals surface area contributed by atoms with Crippen LogP contribution in [-0.2, 0) is 19.2 Å². The molecule has 2 rings (SSSR count). The van der Waals surface area contributed by atoms with Gasteiger partial charge in [-0.05, 0) is 61.6 Å². The van der Waals surface area contributed by atoms with Crippen LogP contribution in [0.15, 0.2) is 48.5 Å². The molecule has 0 saturated heterocycles. The number of carbonyl (C=O) groups is 5. The van der Waals surface area contributed by atoms with Crippen molar-refractivity contribution in [1.29, 1.82) is 0 Å². The lowest BCUT2D eigenvalue weighted by atomic mass is 9.81. The standard InChI is InChI=1S/C30H43BClN7O7/c1-16(2)13-23(28(42)36-18(4)31(45)46)37-26(40)17(3)35-29(43)24(14-33)39-30(44)25(15-34)38-27(41)21-7-5-19(6-8-21)20-9-11-22(32)12-10-20/h5-12,16-18,23-25,45-46H,13-15,33-34H2,1-4H3,(H,35,43)(H,36,42)(H,37,40)(H,38,41)(H,39,44)/t17-,18-,23-,24-,25-/m0/s1. The third-order valence-corrected chi connectivity index (χ3v) is 7.21. The summed E-state index contributed by atoms with van der Waals surface area (Å²) in [5, 5.41) is 31.6. The molecule has 0 spiro atoms. The van der Waals surface area contributed by atoms with Gasteiger partial charge in [0.05, 0.1) is 5.94 Å². The van der Waals surface area contributed by atoms with Gasteiger partial charge in [0.15, 0.2) is 0 Å². The molecule has 0 heterocycles. The average molecular weight is 660 g/mol. The monoisotopic (exact) mass is 659 g/mol. The van der Waals surface area contributed by atoms with E-state index in [1.165, 1.54) is 13.8 Å². The number of nitrogens with two attached hydrogens (primary N) is 2. The second kappa shape index (κ2) is 18.2. The third-order valence-electron chi connectivity index (χ3n) is 6.96. The van der Waals surface area contributed by atoms with Crippen LogP contribution in [0.1, 0.15) is 44.5 Å². The van der Waals surface area contributed by atoms with Crippen LogP contribution in [-0.4, -0.2) is 89.9 Å². The molecule has 0 radical (unpaired) electrons. The highest BCUT2D eigenvalue weighted by atomic mass is 35.5. The zero-order valence-electron chi connectivity index (χ0n) is 26.2. The van der Waals surface area contributed by atoms with E-state index >= 15 is 0 Å². The topological polar surface area (TPSA) is 238 Å². The molecule has 0 aliphatic heterocycles. The van der Waals surface area contributed by atoms with Crippen molar-refractivity contribution in [3.8, 4) is 11.1 Å². The second-order valence-electron chi connectivity index (χ2n) is 11.3. The highest BCUT2D eigenvalue weighted by Crippen LogP contribution is 2.22. The largest absolute Gasteiger partial charge is 0.475 e. The summed E-state index contributed by atoms with van der Waals surface area (Å²) in [5.41, 5.74) is 13.5. The first-order chi connectivity index (χ1) is 21.7. The molecule has 2 aromatic carbocycles. The lowest BCUT2D eigenvalue weighted by molar-refractivity contribution is -0.133. The van der Waals surface area contributed by atoms with Gasteiger partial charge < -0.3 is 48.1 Å². The van der Waals surface area contributed by atoms with E-state index in [2.05, 4.69) is 26.6 Å². The van der Waals surface area contributed by atoms with Gasteiger partial charge in [-0.25, -0.2) is 0 Å². The van der Waals surface area contributed by atoms with Crippen molar-refractivity contribution in [2.75, 3.05) is 13.1 Å². The Morgan fingerprint density at radius 3 is 1.63 bits per heavy atom. The molecule has 0 saturated carbocycles. The molecule has 5 atom stereocenters. The number of amides is 5. The van der Waals surface area contributed by atoms with Crippen molar-refractivity contribution in [1.82, 2.24) is 26.6 Å². The van der Waals surface area contributed by atoms with E-state index in [4.69, 9.17) is 23.1 Å². The van der Waals surface area contributed by atoms with E-state index in [1.807, 2.05) is 26.0 Å². The Morgan fingerprint density at radius 2 is 1.13 bits per heavy atom. The lowest BCUT2D eigenvalue weighted by Gasteiger charge is -2.25. The van der Waals surface area contributed by atoms with Crippen LogP contribution in [0.5, 0.6) is 0 Å². The second-order valence-corrected chi connectivity index (χ2v) is 11.7. The molecule has 16 heteroatoms. The fraction of sp³-hybridized carbons (Fsp3) is 0.433. The summed E-state index contributed by atoms with van der Waals surface area (Å²) < 4.78 is 0. The van der Waals surface area contributed by atoms with Crippen LogP contribution in [0.2, 0.25) is 5.02 Å². The summed E-state index contributed by atoms with van der Waals surface area (Å²) in [6.45, 7) is 5.85. The highest BCUT2D eigenvalue weighted by Gasteiger charge is 2.30. The fourth-order valence-corrected chi connectivity index (χ4v) is 4.34. The van der Waals surface area contributed by atoms with Gasteiger partial charge in [0.25, 0.3) is 5.91 Å². The van der Waals surface area contributed by atoms with Crippen molar-refractivity contribution >= 4 is 48.3 Å². The minimum atomic E-state index is -1.79. The first-order valence-corrected chi connectivity index (χ1v) is 15.2. The molecule has 0 fully saturated rings. The molecule has 14 nitrogen and oxygen atoms in total. The van der Waals surface area contributed by atoms with Crippen molar-refractivity contribution < 1.29 is 34.0 Å². The Balaban J connectivity index is 1.98. The quantitative estimate of drug-likeness (QED) is 0.101. The minimum absolute atomic E-state index is 0.00292. The summed E-state index contributed by atoms with van der Waals surface area (Å²) in [6, 6.07) is 9.28. The van der Waals surface area contributed by atoms with Gasteiger partial charge in [-0.3, -0.25) is 24.0 Å². The van der Waals surface area contributed by atoms with Crippen LogP contribution in [0.4, 0.5) is 0 Å². The number of nitrogens with one attached hydrogen (secondary N) is 5. The number of halogens is 1. The number of hydrogen-bond acceptors (Lipinski definition) is 9. The van der Waals surface area contributed by atoms with Gasteiger partial charge in [-0.2, -0.15) is 0 Å². The smallest absolute Gasteiger partial charge is 0.426 e. The molecule has 250 valence electrons. The maximum Gasteiger partial charge on any atom is 0.475 e. The third kappa shape index (κ3) is 11.7. The number of benzene rings is 2. The van der Waals surface area contributed by atoms with Gasteiger partial charge in [-0.1, -0.05) is 49.7 Å². The summed E-state index contributed by atoms with van der Waals surface area (Å²) in [6.07, 6.45) is 0.243. The SMILES string of the molecule is CC(C)C[C@H](NC(=O)[C@H](C)NC(=O)[C@H](CN)NC(=O)[C@H](CN)NC(=O)c1ccc(-c2ccc(Cl)cc2)cc1)C(=O)N[C@@H](C)B(O)O. The average Bonchev–Trinajstić information content (AvgIpc) is 3.01. The van der Waals surface area contributed by atoms with Gasteiger partial charge in [0.1, 0.15) is 24.2 Å². The summed E-state index contributed by atoms with van der Waals surface area (Å²) in [4.78, 5) is 64.2. The van der Waals surface area contributed by atoms with E-state index in [0.717, 1.165) is 11.1 Å². The lowest BCUT2D eigenvalue weighted by Crippen LogP contribution is -2.60.